The number of hydrogen-bond donors (Lipinski definition) is 1. The molecule has 1 aromatic rings. The number of rotatable bonds is 3. The van der Waals surface area contributed by atoms with Crippen molar-refractivity contribution < 1.29 is 9.59 Å². The third-order valence-electron chi connectivity index (χ3n) is 4.13. The number of hydrogen-bond acceptors (Lipinski definition) is 4. The van der Waals surface area contributed by atoms with Gasteiger partial charge >= 0.3 is 0 Å². The van der Waals surface area contributed by atoms with E-state index in [0.717, 1.165) is 26.2 Å². The van der Waals surface area contributed by atoms with Gasteiger partial charge in [-0.2, -0.15) is 0 Å². The fourth-order valence-corrected chi connectivity index (χ4v) is 2.89. The van der Waals surface area contributed by atoms with Gasteiger partial charge in [0.25, 0.3) is 11.8 Å². The SMILES string of the molecule is C[C@@H]1CNCCN1CCN1C(=O)c2ccccc2C1=O.Cl. The summed E-state index contributed by atoms with van der Waals surface area (Å²) in [6.07, 6.45) is 0. The smallest absolute Gasteiger partial charge is 0.261 e. The molecule has 0 aromatic heterocycles. The Hall–Kier alpha value is -1.43. The standard InChI is InChI=1S/C15H19N3O2.ClH/c1-11-10-16-6-7-17(11)8-9-18-14(19)12-4-2-3-5-13(12)15(18)20;/h2-5,11,16H,6-10H2,1H3;1H/t11-;/m1./s1. The van der Waals surface area contributed by atoms with E-state index in [0.29, 0.717) is 23.7 Å². The molecular formula is C15H20ClN3O2. The topological polar surface area (TPSA) is 52.6 Å². The molecule has 1 N–H and O–H groups in total. The summed E-state index contributed by atoms with van der Waals surface area (Å²) in [6, 6.07) is 7.49. The van der Waals surface area contributed by atoms with Crippen molar-refractivity contribution in [3.05, 3.63) is 35.4 Å². The highest BCUT2D eigenvalue weighted by molar-refractivity contribution is 6.21. The van der Waals surface area contributed by atoms with E-state index in [1.165, 1.54) is 4.90 Å². The summed E-state index contributed by atoms with van der Waals surface area (Å²) in [5.41, 5.74) is 1.07. The first-order chi connectivity index (χ1) is 9.68. The number of carbonyl (C=O) groups excluding carboxylic acids is 2. The van der Waals surface area contributed by atoms with Crippen LogP contribution in [0.1, 0.15) is 27.6 Å². The number of imide groups is 1. The number of amides is 2. The Bertz CT molecular complexity index is 514. The zero-order chi connectivity index (χ0) is 14.1. The first kappa shape index (κ1) is 15.9. The van der Waals surface area contributed by atoms with Crippen LogP contribution in [-0.2, 0) is 0 Å². The van der Waals surface area contributed by atoms with E-state index in [9.17, 15) is 9.59 Å². The minimum absolute atomic E-state index is 0. The molecule has 1 saturated heterocycles. The van der Waals surface area contributed by atoms with Crippen LogP contribution in [0, 0.1) is 0 Å². The van der Waals surface area contributed by atoms with Gasteiger partial charge in [-0.15, -0.1) is 12.4 Å². The first-order valence-corrected chi connectivity index (χ1v) is 7.08. The molecule has 6 heteroatoms. The summed E-state index contributed by atoms with van der Waals surface area (Å²) in [5.74, 6) is -0.318. The predicted octanol–water partition coefficient (Wildman–Crippen LogP) is 0.998. The molecule has 1 aromatic carbocycles. The molecule has 114 valence electrons. The molecule has 1 atom stereocenters. The second-order valence-corrected chi connectivity index (χ2v) is 5.40. The van der Waals surface area contributed by atoms with Crippen LogP contribution in [0.4, 0.5) is 0 Å². The highest BCUT2D eigenvalue weighted by Gasteiger charge is 2.35. The van der Waals surface area contributed by atoms with Gasteiger partial charge in [-0.3, -0.25) is 19.4 Å². The lowest BCUT2D eigenvalue weighted by atomic mass is 10.1. The molecular weight excluding hydrogens is 290 g/mol. The second kappa shape index (κ2) is 6.56. The quantitative estimate of drug-likeness (QED) is 0.846. The van der Waals surface area contributed by atoms with Crippen molar-refractivity contribution in [1.82, 2.24) is 15.1 Å². The van der Waals surface area contributed by atoms with Gasteiger partial charge in [0, 0.05) is 38.8 Å². The van der Waals surface area contributed by atoms with E-state index >= 15 is 0 Å². The molecule has 0 saturated carbocycles. The van der Waals surface area contributed by atoms with Gasteiger partial charge in [-0.1, -0.05) is 12.1 Å². The third kappa shape index (κ3) is 2.95. The molecule has 2 aliphatic heterocycles. The molecule has 0 aliphatic carbocycles. The lowest BCUT2D eigenvalue weighted by Gasteiger charge is -2.34. The summed E-state index contributed by atoms with van der Waals surface area (Å²) in [7, 11) is 0. The van der Waals surface area contributed by atoms with E-state index in [-0.39, 0.29) is 24.2 Å². The van der Waals surface area contributed by atoms with Crippen molar-refractivity contribution in [2.45, 2.75) is 13.0 Å². The lowest BCUT2D eigenvalue weighted by molar-refractivity contribution is 0.0618. The fourth-order valence-electron chi connectivity index (χ4n) is 2.89. The van der Waals surface area contributed by atoms with E-state index < -0.39 is 0 Å². The number of nitrogens with one attached hydrogen (secondary N) is 1. The van der Waals surface area contributed by atoms with Crippen molar-refractivity contribution in [3.8, 4) is 0 Å². The Morgan fingerprint density at radius 3 is 2.33 bits per heavy atom. The number of benzene rings is 1. The normalized spacial score (nSPS) is 22.1. The number of piperazine rings is 1. The van der Waals surface area contributed by atoms with Crippen LogP contribution in [0.25, 0.3) is 0 Å². The van der Waals surface area contributed by atoms with Crippen molar-refractivity contribution in [3.63, 3.8) is 0 Å². The van der Waals surface area contributed by atoms with Gasteiger partial charge in [0.15, 0.2) is 0 Å². The molecule has 0 radical (unpaired) electrons. The summed E-state index contributed by atoms with van der Waals surface area (Å²) in [5, 5.41) is 3.33. The highest BCUT2D eigenvalue weighted by atomic mass is 35.5. The van der Waals surface area contributed by atoms with Crippen LogP contribution in [0.2, 0.25) is 0 Å². The van der Waals surface area contributed by atoms with Gasteiger partial charge < -0.3 is 5.32 Å². The van der Waals surface area contributed by atoms with Crippen LogP contribution in [-0.4, -0.2) is 60.4 Å². The van der Waals surface area contributed by atoms with Crippen LogP contribution < -0.4 is 5.32 Å². The molecule has 5 nitrogen and oxygen atoms in total. The minimum atomic E-state index is -0.159. The van der Waals surface area contributed by atoms with Gasteiger partial charge in [0.05, 0.1) is 11.1 Å². The highest BCUT2D eigenvalue weighted by Crippen LogP contribution is 2.22. The van der Waals surface area contributed by atoms with Gasteiger partial charge in [0.2, 0.25) is 0 Å². The fraction of sp³-hybridized carbons (Fsp3) is 0.467. The average molecular weight is 310 g/mol. The van der Waals surface area contributed by atoms with Crippen LogP contribution >= 0.6 is 12.4 Å². The second-order valence-electron chi connectivity index (χ2n) is 5.40. The first-order valence-electron chi connectivity index (χ1n) is 7.08. The molecule has 3 rings (SSSR count). The van der Waals surface area contributed by atoms with E-state index in [1.54, 1.807) is 24.3 Å². The molecule has 0 spiro atoms. The molecule has 2 heterocycles. The summed E-state index contributed by atoms with van der Waals surface area (Å²) in [4.78, 5) is 28.2. The van der Waals surface area contributed by atoms with Gasteiger partial charge in [0.1, 0.15) is 0 Å². The molecule has 0 bridgehead atoms. The minimum Gasteiger partial charge on any atom is -0.314 e. The Balaban J connectivity index is 0.00000161. The summed E-state index contributed by atoms with van der Waals surface area (Å²) < 4.78 is 0. The molecule has 2 amide bonds. The van der Waals surface area contributed by atoms with E-state index in [2.05, 4.69) is 17.1 Å². The molecule has 2 aliphatic rings. The lowest BCUT2D eigenvalue weighted by Crippen LogP contribution is -2.52. The summed E-state index contributed by atoms with van der Waals surface area (Å²) >= 11 is 0. The van der Waals surface area contributed by atoms with Gasteiger partial charge in [-0.05, 0) is 19.1 Å². The number of nitrogens with zero attached hydrogens (tertiary/aromatic N) is 2. The zero-order valence-corrected chi connectivity index (χ0v) is 12.9. The van der Waals surface area contributed by atoms with Crippen LogP contribution in [0.5, 0.6) is 0 Å². The maximum atomic E-state index is 12.2. The number of carbonyl (C=O) groups is 2. The molecule has 21 heavy (non-hydrogen) atoms. The van der Waals surface area contributed by atoms with Crippen molar-refractivity contribution in [1.29, 1.82) is 0 Å². The monoisotopic (exact) mass is 309 g/mol. The molecule has 0 unspecified atom stereocenters. The van der Waals surface area contributed by atoms with Crippen molar-refractivity contribution in [2.75, 3.05) is 32.7 Å². The Kier molecular flexibility index (Phi) is 4.98. The predicted molar refractivity (Wildman–Crippen MR) is 83.0 cm³/mol. The van der Waals surface area contributed by atoms with Crippen LogP contribution in [0.15, 0.2) is 24.3 Å². The number of halogens is 1. The van der Waals surface area contributed by atoms with Gasteiger partial charge in [-0.25, -0.2) is 0 Å². The van der Waals surface area contributed by atoms with E-state index in [4.69, 9.17) is 0 Å². The Morgan fingerprint density at radius 1 is 1.14 bits per heavy atom. The summed E-state index contributed by atoms with van der Waals surface area (Å²) in [6.45, 7) is 6.26. The average Bonchev–Trinajstić information content (AvgIpc) is 2.71. The third-order valence-corrected chi connectivity index (χ3v) is 4.13. The molecule has 1 fully saturated rings. The van der Waals surface area contributed by atoms with E-state index in [1.807, 2.05) is 0 Å². The maximum Gasteiger partial charge on any atom is 0.261 e. The van der Waals surface area contributed by atoms with Crippen LogP contribution in [0.3, 0.4) is 0 Å². The number of fused-ring (bicyclic) bond motifs is 1. The zero-order valence-electron chi connectivity index (χ0n) is 12.0. The Morgan fingerprint density at radius 2 is 1.76 bits per heavy atom. The maximum absolute atomic E-state index is 12.2. The van der Waals surface area contributed by atoms with Crippen molar-refractivity contribution in [2.24, 2.45) is 0 Å². The largest absolute Gasteiger partial charge is 0.314 e. The van der Waals surface area contributed by atoms with Crippen molar-refractivity contribution >= 4 is 24.2 Å². The Labute approximate surface area is 130 Å².